The topological polar surface area (TPSA) is 45.7 Å². The minimum absolute atomic E-state index is 0.119. The zero-order valence-electron chi connectivity index (χ0n) is 28.3. The van der Waals surface area contributed by atoms with Gasteiger partial charge in [0.15, 0.2) is 0 Å². The van der Waals surface area contributed by atoms with Crippen LogP contribution in [0.4, 0.5) is 0 Å². The van der Waals surface area contributed by atoms with E-state index in [0.29, 0.717) is 0 Å². The monoisotopic (exact) mass is 688 g/mol. The summed E-state index contributed by atoms with van der Waals surface area (Å²) in [5.41, 5.74) is 8.46. The number of aromatic nitrogens is 1. The third-order valence-corrected chi connectivity index (χ3v) is 11.8. The Morgan fingerprint density at radius 3 is 2.06 bits per heavy atom. The number of furan rings is 1. The summed E-state index contributed by atoms with van der Waals surface area (Å²) in [6, 6.07) is 56.2. The Morgan fingerprint density at radius 2 is 1.25 bits per heavy atom. The molecular weight excluding hydrogens is 657 g/mol. The standard InChI is InChI=1S/C46H32N4OS/c1-49-45(28-14-3-2-4-15-28)47-44(33-20-12-27-40-41(33)31-18-7-10-26-39(31)52-40)48-46(49)34-21-11-19-32-42-37(24-13-25-38(42)51-43(32)34)50-35-22-8-5-16-29(35)30-17-6-9-23-36(30)50/h2-27,44-45,47H,1H3. The van der Waals surface area contributed by atoms with Gasteiger partial charge in [0, 0.05) is 48.9 Å². The number of benzene rings is 7. The van der Waals surface area contributed by atoms with E-state index in [2.05, 4.69) is 180 Å². The molecule has 11 rings (SSSR count). The molecule has 0 amide bonds. The Kier molecular flexibility index (Phi) is 6.47. The first-order valence-electron chi connectivity index (χ1n) is 17.7. The number of nitrogens with one attached hydrogen (secondary N) is 1. The van der Waals surface area contributed by atoms with Crippen LogP contribution in [-0.2, 0) is 0 Å². The van der Waals surface area contributed by atoms with E-state index in [9.17, 15) is 0 Å². The van der Waals surface area contributed by atoms with Gasteiger partial charge in [-0.3, -0.25) is 5.32 Å². The van der Waals surface area contributed by atoms with Gasteiger partial charge in [-0.15, -0.1) is 11.3 Å². The van der Waals surface area contributed by atoms with Crippen LogP contribution in [0.2, 0.25) is 0 Å². The van der Waals surface area contributed by atoms with Gasteiger partial charge in [-0.1, -0.05) is 115 Å². The average Bonchev–Trinajstić information content (AvgIpc) is 3.88. The first-order chi connectivity index (χ1) is 25.7. The van der Waals surface area contributed by atoms with Crippen LogP contribution in [0.5, 0.6) is 0 Å². The molecule has 5 nitrogen and oxygen atoms in total. The number of hydrogen-bond donors (Lipinski definition) is 1. The van der Waals surface area contributed by atoms with Crippen molar-refractivity contribution < 1.29 is 4.42 Å². The van der Waals surface area contributed by atoms with E-state index >= 15 is 0 Å². The zero-order chi connectivity index (χ0) is 34.3. The van der Waals surface area contributed by atoms with Crippen molar-refractivity contribution in [2.75, 3.05) is 7.05 Å². The van der Waals surface area contributed by atoms with Crippen LogP contribution in [0.1, 0.15) is 29.0 Å². The highest BCUT2D eigenvalue weighted by Gasteiger charge is 2.33. The fourth-order valence-corrected chi connectivity index (χ4v) is 9.55. The molecule has 3 aromatic heterocycles. The molecule has 10 aromatic rings. The molecule has 1 N–H and O–H groups in total. The fourth-order valence-electron chi connectivity index (χ4n) is 8.41. The molecule has 6 heteroatoms. The number of rotatable bonds is 4. The van der Waals surface area contributed by atoms with Crippen molar-refractivity contribution in [2.24, 2.45) is 4.99 Å². The van der Waals surface area contributed by atoms with E-state index in [1.807, 2.05) is 11.3 Å². The van der Waals surface area contributed by atoms with E-state index < -0.39 is 0 Å². The quantitative estimate of drug-likeness (QED) is 0.200. The zero-order valence-corrected chi connectivity index (χ0v) is 29.1. The summed E-state index contributed by atoms with van der Waals surface area (Å²) in [6.45, 7) is 0. The van der Waals surface area contributed by atoms with E-state index in [1.165, 1.54) is 53.1 Å². The lowest BCUT2D eigenvalue weighted by molar-refractivity contribution is 0.258. The van der Waals surface area contributed by atoms with Crippen LogP contribution in [-0.4, -0.2) is 22.4 Å². The van der Waals surface area contributed by atoms with Crippen LogP contribution in [0.25, 0.3) is 69.6 Å². The second-order valence-electron chi connectivity index (χ2n) is 13.6. The molecule has 2 unspecified atom stereocenters. The van der Waals surface area contributed by atoms with Gasteiger partial charge in [-0.25, -0.2) is 4.99 Å². The molecule has 1 aliphatic heterocycles. The summed E-state index contributed by atoms with van der Waals surface area (Å²) in [5, 5.41) is 11.1. The van der Waals surface area contributed by atoms with Crippen molar-refractivity contribution in [3.05, 3.63) is 174 Å². The molecule has 2 atom stereocenters. The molecule has 0 fully saturated rings. The Labute approximate surface area is 303 Å². The maximum Gasteiger partial charge on any atom is 0.146 e. The fraction of sp³-hybridized carbons (Fsp3) is 0.0652. The molecular formula is C46H32N4OS. The summed E-state index contributed by atoms with van der Waals surface area (Å²) in [4.78, 5) is 7.82. The van der Waals surface area contributed by atoms with Crippen LogP contribution in [0, 0.1) is 0 Å². The molecule has 52 heavy (non-hydrogen) atoms. The SMILES string of the molecule is CN1C(c2cccc3c2oc2cccc(-n4c5ccccc5c5ccccc54)c23)=NC(c2cccc3sc4ccccc4c23)NC1c1ccccc1. The summed E-state index contributed by atoms with van der Waals surface area (Å²) in [6.07, 6.45) is -0.405. The van der Waals surface area contributed by atoms with E-state index in [-0.39, 0.29) is 12.3 Å². The van der Waals surface area contributed by atoms with Gasteiger partial charge in [0.25, 0.3) is 0 Å². The molecule has 0 radical (unpaired) electrons. The third kappa shape index (κ3) is 4.28. The number of nitrogens with zero attached hydrogens (tertiary/aromatic N) is 3. The van der Waals surface area contributed by atoms with Crippen molar-refractivity contribution in [3.8, 4) is 5.69 Å². The molecule has 7 aromatic carbocycles. The second kappa shape index (κ2) is 11.4. The third-order valence-electron chi connectivity index (χ3n) is 10.7. The van der Waals surface area contributed by atoms with Crippen molar-refractivity contribution in [1.82, 2.24) is 14.8 Å². The number of fused-ring (bicyclic) bond motifs is 9. The van der Waals surface area contributed by atoms with Crippen molar-refractivity contribution >= 4 is 81.1 Å². The average molecular weight is 689 g/mol. The smallest absolute Gasteiger partial charge is 0.146 e. The van der Waals surface area contributed by atoms with Gasteiger partial charge in [0.1, 0.15) is 29.3 Å². The molecule has 0 aliphatic carbocycles. The lowest BCUT2D eigenvalue weighted by Crippen LogP contribution is -2.46. The number of para-hydroxylation sites is 3. The predicted molar refractivity (Wildman–Crippen MR) is 217 cm³/mol. The van der Waals surface area contributed by atoms with Gasteiger partial charge in [0.05, 0.1) is 27.7 Å². The minimum atomic E-state index is -0.286. The maximum absolute atomic E-state index is 6.91. The Balaban J connectivity index is 1.15. The van der Waals surface area contributed by atoms with Gasteiger partial charge in [0.2, 0.25) is 0 Å². The summed E-state index contributed by atoms with van der Waals surface area (Å²) < 4.78 is 11.8. The van der Waals surface area contributed by atoms with Gasteiger partial charge >= 0.3 is 0 Å². The number of amidine groups is 1. The minimum Gasteiger partial charge on any atom is -0.455 e. The Bertz CT molecular complexity index is 2990. The number of hydrogen-bond acceptors (Lipinski definition) is 5. The molecule has 1 aliphatic rings. The first-order valence-corrected chi connectivity index (χ1v) is 18.5. The highest BCUT2D eigenvalue weighted by Crippen LogP contribution is 2.43. The summed E-state index contributed by atoms with van der Waals surface area (Å²) in [7, 11) is 2.13. The highest BCUT2D eigenvalue weighted by molar-refractivity contribution is 7.25. The van der Waals surface area contributed by atoms with Crippen LogP contribution >= 0.6 is 11.3 Å². The van der Waals surface area contributed by atoms with Crippen LogP contribution in [0.3, 0.4) is 0 Å². The van der Waals surface area contributed by atoms with E-state index in [1.54, 1.807) is 0 Å². The largest absolute Gasteiger partial charge is 0.455 e. The lowest BCUT2D eigenvalue weighted by Gasteiger charge is -2.39. The van der Waals surface area contributed by atoms with Crippen molar-refractivity contribution in [3.63, 3.8) is 0 Å². The first kappa shape index (κ1) is 29.5. The molecule has 0 spiro atoms. The van der Waals surface area contributed by atoms with Crippen molar-refractivity contribution in [1.29, 1.82) is 0 Å². The Hall–Kier alpha value is -6.21. The molecule has 4 heterocycles. The normalized spacial score (nSPS) is 16.6. The van der Waals surface area contributed by atoms with Gasteiger partial charge < -0.3 is 13.9 Å². The van der Waals surface area contributed by atoms with Crippen molar-refractivity contribution in [2.45, 2.75) is 12.3 Å². The number of aliphatic imine (C=N–C) groups is 1. The van der Waals surface area contributed by atoms with Gasteiger partial charge in [-0.2, -0.15) is 0 Å². The predicted octanol–water partition coefficient (Wildman–Crippen LogP) is 11.7. The van der Waals surface area contributed by atoms with Crippen LogP contribution in [0.15, 0.2) is 167 Å². The molecule has 0 saturated carbocycles. The van der Waals surface area contributed by atoms with E-state index in [0.717, 1.165) is 39.0 Å². The maximum atomic E-state index is 6.91. The van der Waals surface area contributed by atoms with Gasteiger partial charge in [-0.05, 0) is 48.0 Å². The second-order valence-corrected chi connectivity index (χ2v) is 14.7. The number of thiophene rings is 1. The van der Waals surface area contributed by atoms with Crippen LogP contribution < -0.4 is 5.32 Å². The summed E-state index contributed by atoms with van der Waals surface area (Å²) in [5.74, 6) is 0.886. The molecule has 248 valence electrons. The lowest BCUT2D eigenvalue weighted by atomic mass is 10.0. The molecule has 0 bridgehead atoms. The summed E-state index contributed by atoms with van der Waals surface area (Å²) >= 11 is 1.84. The Morgan fingerprint density at radius 1 is 0.596 bits per heavy atom. The molecule has 0 saturated heterocycles. The highest BCUT2D eigenvalue weighted by atomic mass is 32.1. The van der Waals surface area contributed by atoms with E-state index in [4.69, 9.17) is 9.41 Å².